The summed E-state index contributed by atoms with van der Waals surface area (Å²) in [6.45, 7) is 5.35. The van der Waals surface area contributed by atoms with Crippen LogP contribution in [0.2, 0.25) is 0 Å². The van der Waals surface area contributed by atoms with Crippen molar-refractivity contribution in [3.63, 3.8) is 0 Å². The van der Waals surface area contributed by atoms with Crippen molar-refractivity contribution in [3.05, 3.63) is 48.0 Å². The Labute approximate surface area is 102 Å². The first-order chi connectivity index (χ1) is 8.22. The number of hydrogen-bond donors (Lipinski definition) is 0. The van der Waals surface area contributed by atoms with Crippen molar-refractivity contribution in [2.75, 3.05) is 13.1 Å². The molecule has 0 saturated carbocycles. The zero-order chi connectivity index (χ0) is 11.9. The van der Waals surface area contributed by atoms with Gasteiger partial charge in [-0.3, -0.25) is 4.79 Å². The van der Waals surface area contributed by atoms with Gasteiger partial charge in [-0.05, 0) is 41.9 Å². The topological polar surface area (TPSA) is 20.3 Å². The molecule has 3 rings (SSSR count). The smallest absolute Gasteiger partial charge is 0.245 e. The van der Waals surface area contributed by atoms with Gasteiger partial charge in [0.1, 0.15) is 0 Å². The van der Waals surface area contributed by atoms with Crippen molar-refractivity contribution in [3.8, 4) is 0 Å². The van der Waals surface area contributed by atoms with E-state index in [9.17, 15) is 4.79 Å². The molecule has 17 heavy (non-hydrogen) atoms. The summed E-state index contributed by atoms with van der Waals surface area (Å²) in [5.74, 6) is 0.0813. The second-order valence-corrected chi connectivity index (χ2v) is 5.34. The lowest BCUT2D eigenvalue weighted by Gasteiger charge is -2.23. The second-order valence-electron chi connectivity index (χ2n) is 5.34. The van der Waals surface area contributed by atoms with Gasteiger partial charge in [-0.1, -0.05) is 30.8 Å². The predicted octanol–water partition coefficient (Wildman–Crippen LogP) is 2.19. The zero-order valence-electron chi connectivity index (χ0n) is 9.98. The van der Waals surface area contributed by atoms with E-state index in [-0.39, 0.29) is 5.91 Å². The fourth-order valence-corrected chi connectivity index (χ4v) is 3.31. The quantitative estimate of drug-likeness (QED) is 0.673. The van der Waals surface area contributed by atoms with E-state index in [1.165, 1.54) is 17.2 Å². The third-order valence-electron chi connectivity index (χ3n) is 4.17. The van der Waals surface area contributed by atoms with Crippen molar-refractivity contribution in [2.45, 2.75) is 19.3 Å². The van der Waals surface area contributed by atoms with Gasteiger partial charge in [0.05, 0.1) is 0 Å². The van der Waals surface area contributed by atoms with Crippen LogP contribution in [0.5, 0.6) is 0 Å². The van der Waals surface area contributed by atoms with E-state index in [0.717, 1.165) is 32.4 Å². The summed E-state index contributed by atoms with van der Waals surface area (Å²) in [7, 11) is 0. The number of rotatable bonds is 1. The van der Waals surface area contributed by atoms with Crippen LogP contribution in [0.4, 0.5) is 0 Å². The molecule has 0 bridgehead atoms. The molecule has 1 amide bonds. The Morgan fingerprint density at radius 2 is 1.94 bits per heavy atom. The molecule has 0 unspecified atom stereocenters. The Morgan fingerprint density at radius 3 is 2.53 bits per heavy atom. The summed E-state index contributed by atoms with van der Waals surface area (Å²) >= 11 is 0. The lowest BCUT2D eigenvalue weighted by molar-refractivity contribution is -0.125. The number of carbonyl (C=O) groups excluding carboxylic acids is 1. The molecule has 2 heteroatoms. The van der Waals surface area contributed by atoms with E-state index >= 15 is 0 Å². The molecule has 1 spiro atoms. The van der Waals surface area contributed by atoms with Crippen LogP contribution < -0.4 is 0 Å². The van der Waals surface area contributed by atoms with E-state index < -0.39 is 0 Å². The Bertz CT molecular complexity index is 453. The molecule has 1 aliphatic heterocycles. The monoisotopic (exact) mass is 227 g/mol. The maximum atomic E-state index is 11.6. The number of carbonyl (C=O) groups is 1. The van der Waals surface area contributed by atoms with Gasteiger partial charge in [0.25, 0.3) is 0 Å². The molecule has 2 aliphatic rings. The number of amides is 1. The largest absolute Gasteiger partial charge is 0.339 e. The van der Waals surface area contributed by atoms with Crippen LogP contribution in [0.1, 0.15) is 17.5 Å². The van der Waals surface area contributed by atoms with E-state index in [4.69, 9.17) is 0 Å². The number of nitrogens with zero attached hydrogens (tertiary/aromatic N) is 1. The maximum Gasteiger partial charge on any atom is 0.245 e. The highest BCUT2D eigenvalue weighted by atomic mass is 16.2. The third kappa shape index (κ3) is 1.68. The van der Waals surface area contributed by atoms with Crippen molar-refractivity contribution in [2.24, 2.45) is 5.41 Å². The van der Waals surface area contributed by atoms with E-state index in [1.807, 2.05) is 4.90 Å². The third-order valence-corrected chi connectivity index (χ3v) is 4.17. The molecule has 0 aromatic heterocycles. The van der Waals surface area contributed by atoms with Crippen LogP contribution in [0.25, 0.3) is 0 Å². The fourth-order valence-electron chi connectivity index (χ4n) is 3.31. The molecule has 1 saturated heterocycles. The molecule has 1 aliphatic carbocycles. The average Bonchev–Trinajstić information content (AvgIpc) is 2.92. The highest BCUT2D eigenvalue weighted by Crippen LogP contribution is 2.43. The van der Waals surface area contributed by atoms with Crippen LogP contribution in [0, 0.1) is 5.41 Å². The molecule has 1 fully saturated rings. The van der Waals surface area contributed by atoms with E-state index in [0.29, 0.717) is 5.41 Å². The first-order valence-corrected chi connectivity index (χ1v) is 6.21. The lowest BCUT2D eigenvalue weighted by Crippen LogP contribution is -2.31. The lowest BCUT2D eigenvalue weighted by atomic mass is 9.84. The second kappa shape index (κ2) is 3.73. The molecule has 2 nitrogen and oxygen atoms in total. The number of likely N-dealkylation sites (tertiary alicyclic amines) is 1. The minimum absolute atomic E-state index is 0.0813. The summed E-state index contributed by atoms with van der Waals surface area (Å²) in [4.78, 5) is 13.6. The Balaban J connectivity index is 1.80. The number of hydrogen-bond acceptors (Lipinski definition) is 1. The summed E-state index contributed by atoms with van der Waals surface area (Å²) in [6.07, 6.45) is 4.82. The van der Waals surface area contributed by atoms with Crippen LogP contribution in [0.15, 0.2) is 36.9 Å². The summed E-state index contributed by atoms with van der Waals surface area (Å²) in [5.41, 5.74) is 3.25. The molecule has 0 radical (unpaired) electrons. The molecule has 88 valence electrons. The minimum Gasteiger partial charge on any atom is -0.339 e. The molecular formula is C15H17NO. The van der Waals surface area contributed by atoms with Crippen molar-refractivity contribution >= 4 is 5.91 Å². The molecule has 0 atom stereocenters. The van der Waals surface area contributed by atoms with Gasteiger partial charge in [-0.15, -0.1) is 0 Å². The highest BCUT2D eigenvalue weighted by molar-refractivity contribution is 5.87. The standard InChI is InChI=1S/C15H17NO/c1-2-14(17)16-8-7-15(11-16)9-12-5-3-4-6-13(12)10-15/h2-6H,1,7-11H2. The summed E-state index contributed by atoms with van der Waals surface area (Å²) in [5, 5.41) is 0. The first-order valence-electron chi connectivity index (χ1n) is 6.21. The van der Waals surface area contributed by atoms with Crippen molar-refractivity contribution in [1.82, 2.24) is 4.90 Å². The maximum absolute atomic E-state index is 11.6. The van der Waals surface area contributed by atoms with Gasteiger partial charge in [0.2, 0.25) is 5.91 Å². The molecule has 1 heterocycles. The van der Waals surface area contributed by atoms with Crippen molar-refractivity contribution in [1.29, 1.82) is 0 Å². The van der Waals surface area contributed by atoms with E-state index in [1.54, 1.807) is 0 Å². The minimum atomic E-state index is 0.0813. The van der Waals surface area contributed by atoms with Crippen LogP contribution in [0.3, 0.4) is 0 Å². The van der Waals surface area contributed by atoms with E-state index in [2.05, 4.69) is 30.8 Å². The van der Waals surface area contributed by atoms with Gasteiger partial charge in [-0.25, -0.2) is 0 Å². The average molecular weight is 227 g/mol. The first kappa shape index (κ1) is 10.6. The Kier molecular flexibility index (Phi) is 2.32. The van der Waals surface area contributed by atoms with Crippen molar-refractivity contribution < 1.29 is 4.79 Å². The molecule has 1 aromatic carbocycles. The SMILES string of the molecule is C=CC(=O)N1CCC2(Cc3ccccc3C2)C1. The molecule has 1 aromatic rings. The fraction of sp³-hybridized carbons (Fsp3) is 0.400. The van der Waals surface area contributed by atoms with Crippen LogP contribution >= 0.6 is 0 Å². The van der Waals surface area contributed by atoms with Gasteiger partial charge in [0, 0.05) is 13.1 Å². The normalized spacial score (nSPS) is 20.6. The number of benzene rings is 1. The summed E-state index contributed by atoms with van der Waals surface area (Å²) < 4.78 is 0. The van der Waals surface area contributed by atoms with Gasteiger partial charge >= 0.3 is 0 Å². The zero-order valence-corrected chi connectivity index (χ0v) is 9.98. The predicted molar refractivity (Wildman–Crippen MR) is 67.7 cm³/mol. The van der Waals surface area contributed by atoms with Crippen LogP contribution in [-0.2, 0) is 17.6 Å². The summed E-state index contributed by atoms with van der Waals surface area (Å²) in [6, 6.07) is 8.67. The Hall–Kier alpha value is -1.57. The highest BCUT2D eigenvalue weighted by Gasteiger charge is 2.43. The number of fused-ring (bicyclic) bond motifs is 1. The molecular weight excluding hydrogens is 210 g/mol. The van der Waals surface area contributed by atoms with Gasteiger partial charge < -0.3 is 4.90 Å². The van der Waals surface area contributed by atoms with Gasteiger partial charge in [0.15, 0.2) is 0 Å². The Morgan fingerprint density at radius 1 is 1.29 bits per heavy atom. The van der Waals surface area contributed by atoms with Crippen LogP contribution in [-0.4, -0.2) is 23.9 Å². The molecule has 0 N–H and O–H groups in total. The van der Waals surface area contributed by atoms with Gasteiger partial charge in [-0.2, -0.15) is 0 Å².